The van der Waals surface area contributed by atoms with Gasteiger partial charge < -0.3 is 17.1 Å². The van der Waals surface area contributed by atoms with Crippen molar-refractivity contribution >= 4 is 29.3 Å². The summed E-state index contributed by atoms with van der Waals surface area (Å²) in [5.74, 6) is 0. The van der Waals surface area contributed by atoms with E-state index in [-0.39, 0.29) is 18.5 Å². The van der Waals surface area contributed by atoms with E-state index in [1.54, 1.807) is 0 Å². The average molecular weight is 428 g/mol. The van der Waals surface area contributed by atoms with E-state index in [4.69, 9.17) is 4.74 Å². The highest BCUT2D eigenvalue weighted by molar-refractivity contribution is 7.95. The fourth-order valence-corrected chi connectivity index (χ4v) is 7.16. The van der Waals surface area contributed by atoms with Gasteiger partial charge in [-0.2, -0.15) is 0 Å². The lowest BCUT2D eigenvalue weighted by Crippen LogP contribution is -3.00. The van der Waals surface area contributed by atoms with Crippen molar-refractivity contribution in [3.8, 4) is 0 Å². The molecule has 0 atom stereocenters. The first-order valence-electron chi connectivity index (χ1n) is 9.73. The van der Waals surface area contributed by atoms with Gasteiger partial charge in [-0.15, -0.1) is 0 Å². The molecule has 0 heterocycles. The predicted octanol–water partition coefficient (Wildman–Crippen LogP) is 1.47. The number of ether oxygens (including phenoxy) is 1. The number of halogens is 1. The molecule has 0 aliphatic carbocycles. The number of hydrogen-bond acceptors (Lipinski definition) is 2. The van der Waals surface area contributed by atoms with Crippen LogP contribution >= 0.6 is 7.26 Å². The molecule has 0 spiro atoms. The first kappa shape index (κ1) is 22.9. The van der Waals surface area contributed by atoms with E-state index in [2.05, 4.69) is 85.0 Å². The number of benzene rings is 3. The largest absolute Gasteiger partial charge is 1.00 e. The number of hydrogen-bond donors (Lipinski definition) is 1. The Kier molecular flexibility index (Phi) is 9.18. The van der Waals surface area contributed by atoms with Crippen LogP contribution in [0.2, 0.25) is 0 Å². The number of alkyl carbamates (subject to hydrolysis) is 1. The van der Waals surface area contributed by atoms with Gasteiger partial charge in [0.1, 0.15) is 29.5 Å². The van der Waals surface area contributed by atoms with Gasteiger partial charge in [-0.05, 0) is 42.8 Å². The smallest absolute Gasteiger partial charge is 0.409 e. The van der Waals surface area contributed by atoms with Crippen LogP contribution in [0.15, 0.2) is 91.0 Å². The van der Waals surface area contributed by atoms with Crippen molar-refractivity contribution in [1.29, 1.82) is 0 Å². The predicted molar refractivity (Wildman–Crippen MR) is 119 cm³/mol. The average Bonchev–Trinajstić information content (AvgIpc) is 2.77. The molecule has 0 fully saturated rings. The molecular weight excluding hydrogens is 401 g/mol. The van der Waals surface area contributed by atoms with Gasteiger partial charge in [0.05, 0.1) is 6.61 Å². The van der Waals surface area contributed by atoms with Crippen molar-refractivity contribution in [2.24, 2.45) is 0 Å². The minimum Gasteiger partial charge on any atom is -1.00 e. The van der Waals surface area contributed by atoms with Gasteiger partial charge in [-0.1, -0.05) is 67.9 Å². The number of rotatable bonds is 8. The molecule has 1 N–H and O–H groups in total. The second kappa shape index (κ2) is 11.6. The van der Waals surface area contributed by atoms with Gasteiger partial charge in [0, 0.05) is 0 Å². The number of carbonyl (C=O) groups excluding carboxylic acids is 1. The van der Waals surface area contributed by atoms with Crippen LogP contribution in [0.5, 0.6) is 0 Å². The minimum atomic E-state index is -2.06. The van der Waals surface area contributed by atoms with Crippen molar-refractivity contribution in [3.05, 3.63) is 91.0 Å². The Balaban J connectivity index is 0.00000300. The molecule has 29 heavy (non-hydrogen) atoms. The summed E-state index contributed by atoms with van der Waals surface area (Å²) in [6.07, 6.45) is 2.06. The van der Waals surface area contributed by atoms with Gasteiger partial charge in [-0.25, -0.2) is 4.79 Å². The fourth-order valence-electron chi connectivity index (χ4n) is 3.31. The Hall–Kier alpha value is -2.35. The van der Waals surface area contributed by atoms with Crippen molar-refractivity contribution < 1.29 is 21.9 Å². The molecule has 0 aliphatic heterocycles. The van der Waals surface area contributed by atoms with E-state index >= 15 is 0 Å². The summed E-state index contributed by atoms with van der Waals surface area (Å²) in [6, 6.07) is 31.5. The molecule has 0 unspecified atom stereocenters. The fraction of sp³-hybridized carbons (Fsp3) is 0.208. The summed E-state index contributed by atoms with van der Waals surface area (Å²) in [5.41, 5.74) is 0. The van der Waals surface area contributed by atoms with Crippen molar-refractivity contribution in [2.45, 2.75) is 19.8 Å². The second-order valence-corrected chi connectivity index (χ2v) is 10.1. The van der Waals surface area contributed by atoms with Gasteiger partial charge in [0.25, 0.3) is 0 Å². The van der Waals surface area contributed by atoms with Crippen molar-refractivity contribution in [1.82, 2.24) is 5.32 Å². The number of carbonyl (C=O) groups is 1. The number of amides is 1. The maximum Gasteiger partial charge on any atom is 0.409 e. The molecule has 0 radical (unpaired) electrons. The molecule has 3 aromatic rings. The molecule has 0 aromatic heterocycles. The molecule has 5 heteroatoms. The third kappa shape index (κ3) is 5.59. The van der Waals surface area contributed by atoms with Gasteiger partial charge in [0.2, 0.25) is 0 Å². The normalized spacial score (nSPS) is 10.7. The molecule has 3 aromatic carbocycles. The Morgan fingerprint density at radius 3 is 1.59 bits per heavy atom. The van der Waals surface area contributed by atoms with E-state index in [9.17, 15) is 4.79 Å². The zero-order valence-corrected chi connectivity index (χ0v) is 18.3. The second-order valence-electron chi connectivity index (χ2n) is 6.64. The van der Waals surface area contributed by atoms with E-state index in [0.29, 0.717) is 12.9 Å². The van der Waals surface area contributed by atoms with Crippen LogP contribution in [0.1, 0.15) is 19.8 Å². The molecule has 0 saturated heterocycles. The van der Waals surface area contributed by atoms with E-state index < -0.39 is 7.26 Å². The summed E-state index contributed by atoms with van der Waals surface area (Å²) in [5, 5.41) is 6.78. The summed E-state index contributed by atoms with van der Waals surface area (Å²) in [6.45, 7) is 2.54. The summed E-state index contributed by atoms with van der Waals surface area (Å²) >= 11 is 0. The molecule has 0 bridgehead atoms. The van der Waals surface area contributed by atoms with Gasteiger partial charge >= 0.3 is 6.09 Å². The molecule has 152 valence electrons. The molecular formula is C24H27ClNO2P. The molecule has 0 aliphatic rings. The van der Waals surface area contributed by atoms with E-state index in [1.807, 2.05) is 18.2 Å². The van der Waals surface area contributed by atoms with Crippen molar-refractivity contribution in [2.75, 3.05) is 12.9 Å². The van der Waals surface area contributed by atoms with Gasteiger partial charge in [-0.3, -0.25) is 5.32 Å². The summed E-state index contributed by atoms with van der Waals surface area (Å²) in [4.78, 5) is 12.3. The molecule has 0 saturated carbocycles. The number of unbranched alkanes of at least 4 members (excludes halogenated alkanes) is 1. The maximum absolute atomic E-state index is 12.3. The molecule has 1 amide bonds. The lowest BCUT2D eigenvalue weighted by molar-refractivity contribution is -0.0000117. The standard InChI is InChI=1S/C24H26NO2P.ClH/c1-2-3-19-27-24(26)25-20-28(21-13-7-4-8-14-21,22-15-9-5-10-16-22)23-17-11-6-12-18-23;/h4-18H,2-3,19-20H2,1H3;1H. The van der Waals surface area contributed by atoms with Crippen LogP contribution in [0.25, 0.3) is 0 Å². The Labute approximate surface area is 180 Å². The maximum atomic E-state index is 12.3. The van der Waals surface area contributed by atoms with Crippen LogP contribution < -0.4 is 33.6 Å². The Morgan fingerprint density at radius 2 is 1.21 bits per heavy atom. The first-order valence-corrected chi connectivity index (χ1v) is 11.7. The van der Waals surface area contributed by atoms with Crippen LogP contribution in [0.3, 0.4) is 0 Å². The zero-order chi connectivity index (χ0) is 19.7. The lowest BCUT2D eigenvalue weighted by atomic mass is 10.4. The van der Waals surface area contributed by atoms with Gasteiger partial charge in [0.15, 0.2) is 0 Å². The lowest BCUT2D eigenvalue weighted by Gasteiger charge is -2.27. The monoisotopic (exact) mass is 427 g/mol. The quantitative estimate of drug-likeness (QED) is 0.437. The van der Waals surface area contributed by atoms with E-state index in [1.165, 1.54) is 15.9 Å². The van der Waals surface area contributed by atoms with Crippen LogP contribution in [0, 0.1) is 0 Å². The van der Waals surface area contributed by atoms with Crippen LogP contribution in [-0.4, -0.2) is 19.0 Å². The highest BCUT2D eigenvalue weighted by atomic mass is 35.5. The summed E-state index contributed by atoms with van der Waals surface area (Å²) in [7, 11) is -2.06. The molecule has 3 rings (SSSR count). The van der Waals surface area contributed by atoms with E-state index in [0.717, 1.165) is 12.8 Å². The number of nitrogens with one attached hydrogen (secondary N) is 1. The van der Waals surface area contributed by atoms with Crippen LogP contribution in [-0.2, 0) is 4.74 Å². The Bertz CT molecular complexity index is 763. The topological polar surface area (TPSA) is 38.3 Å². The van der Waals surface area contributed by atoms with Crippen LogP contribution in [0.4, 0.5) is 4.79 Å². The first-order chi connectivity index (χ1) is 13.8. The van der Waals surface area contributed by atoms with Crippen molar-refractivity contribution in [3.63, 3.8) is 0 Å². The third-order valence-corrected chi connectivity index (χ3v) is 8.95. The minimum absolute atomic E-state index is 0. The molecule has 3 nitrogen and oxygen atoms in total. The SMILES string of the molecule is CCCCOC(=O)NC[P+](c1ccccc1)(c1ccccc1)c1ccccc1.[Cl-]. The summed E-state index contributed by atoms with van der Waals surface area (Å²) < 4.78 is 5.35. The highest BCUT2D eigenvalue weighted by Crippen LogP contribution is 2.54. The third-order valence-electron chi connectivity index (χ3n) is 4.78. The highest BCUT2D eigenvalue weighted by Gasteiger charge is 2.45. The Morgan fingerprint density at radius 1 is 0.793 bits per heavy atom. The zero-order valence-electron chi connectivity index (χ0n) is 16.6.